The minimum Gasteiger partial charge on any atom is -0.390 e. The van der Waals surface area contributed by atoms with Gasteiger partial charge in [0.2, 0.25) is 11.8 Å². The zero-order valence-corrected chi connectivity index (χ0v) is 24.3. The third kappa shape index (κ3) is 10.0. The molecule has 8 nitrogen and oxygen atoms in total. The van der Waals surface area contributed by atoms with E-state index in [1.54, 1.807) is 12.4 Å². The molecule has 0 saturated carbocycles. The normalized spacial score (nSPS) is 20.2. The third-order valence-corrected chi connectivity index (χ3v) is 6.88. The Bertz CT molecular complexity index is 1050. The van der Waals surface area contributed by atoms with Crippen LogP contribution in [0.1, 0.15) is 65.5 Å². The molecule has 214 valence electrons. The number of carbonyl (C=O) groups excluding carboxylic acids is 2. The number of ether oxygens (including phenoxy) is 1. The molecule has 2 amide bonds. The Kier molecular flexibility index (Phi) is 10.6. The van der Waals surface area contributed by atoms with Gasteiger partial charge in [-0.3, -0.25) is 19.5 Å². The monoisotopic (exact) mass is 538 g/mol. The number of aliphatic hydroxyl groups excluding tert-OH is 1. The van der Waals surface area contributed by atoms with E-state index in [2.05, 4.69) is 15.6 Å². The highest BCUT2D eigenvalue weighted by Crippen LogP contribution is 2.24. The Morgan fingerprint density at radius 2 is 1.72 bits per heavy atom. The maximum Gasteiger partial charge on any atom is 0.237 e. The molecule has 1 aromatic carbocycles. The number of nitrogens with one attached hydrogen (secondary N) is 2. The van der Waals surface area contributed by atoms with Crippen LogP contribution in [-0.2, 0) is 27.4 Å². The van der Waals surface area contributed by atoms with Gasteiger partial charge in [0.05, 0.1) is 30.9 Å². The Hall–Kier alpha value is -2.81. The smallest absolute Gasteiger partial charge is 0.237 e. The fourth-order valence-electron chi connectivity index (χ4n) is 4.67. The van der Waals surface area contributed by atoms with Crippen LogP contribution >= 0.6 is 0 Å². The lowest BCUT2D eigenvalue weighted by Gasteiger charge is -2.41. The number of pyridine rings is 1. The van der Waals surface area contributed by atoms with Gasteiger partial charge in [-0.05, 0) is 63.3 Å². The third-order valence-electron chi connectivity index (χ3n) is 6.88. The number of aliphatic hydroxyl groups is 1. The molecule has 3 rings (SSSR count). The zero-order valence-electron chi connectivity index (χ0n) is 24.3. The number of β-amino-alcohol motifs (C(OH)–C–C–N with tert-alkyl or cyclic N) is 1. The van der Waals surface area contributed by atoms with Crippen molar-refractivity contribution in [1.29, 1.82) is 0 Å². The predicted octanol–water partition coefficient (Wildman–Crippen LogP) is 3.48. The first-order chi connectivity index (χ1) is 18.3. The Morgan fingerprint density at radius 3 is 2.33 bits per heavy atom. The second-order valence-corrected chi connectivity index (χ2v) is 12.6. The molecule has 2 aromatic rings. The SMILES string of the molecule is CC(C)(C)NC(=O)[C@@H]1C[C@H](OCc2ccncc2)CCN1C[C@@H](O)[C@H](Cc1ccccc1)NC(=O)C(C)(C)C. The molecule has 4 atom stereocenters. The molecule has 2 heterocycles. The zero-order chi connectivity index (χ0) is 28.6. The molecule has 1 saturated heterocycles. The van der Waals surface area contributed by atoms with Gasteiger partial charge in [-0.15, -0.1) is 0 Å². The first-order valence-electron chi connectivity index (χ1n) is 13.9. The summed E-state index contributed by atoms with van der Waals surface area (Å²) in [6.45, 7) is 12.8. The summed E-state index contributed by atoms with van der Waals surface area (Å²) in [7, 11) is 0. The lowest BCUT2D eigenvalue weighted by atomic mass is 9.92. The van der Waals surface area contributed by atoms with Crippen molar-refractivity contribution in [1.82, 2.24) is 20.5 Å². The van der Waals surface area contributed by atoms with Crippen molar-refractivity contribution in [3.63, 3.8) is 0 Å². The maximum absolute atomic E-state index is 13.4. The van der Waals surface area contributed by atoms with Crippen molar-refractivity contribution in [2.75, 3.05) is 13.1 Å². The van der Waals surface area contributed by atoms with Crippen LogP contribution < -0.4 is 10.6 Å². The molecule has 8 heteroatoms. The number of amides is 2. The highest BCUT2D eigenvalue weighted by molar-refractivity contribution is 5.83. The number of aromatic nitrogens is 1. The summed E-state index contributed by atoms with van der Waals surface area (Å²) >= 11 is 0. The Morgan fingerprint density at radius 1 is 1.05 bits per heavy atom. The van der Waals surface area contributed by atoms with Crippen LogP contribution in [0.2, 0.25) is 0 Å². The second-order valence-electron chi connectivity index (χ2n) is 12.6. The molecule has 0 aliphatic carbocycles. The van der Waals surface area contributed by atoms with Gasteiger partial charge in [0.25, 0.3) is 0 Å². The van der Waals surface area contributed by atoms with Crippen molar-refractivity contribution >= 4 is 11.8 Å². The number of hydrogen-bond acceptors (Lipinski definition) is 6. The van der Waals surface area contributed by atoms with Crippen molar-refractivity contribution in [2.45, 2.75) is 97.2 Å². The number of likely N-dealkylation sites (tertiary alicyclic amines) is 1. The first-order valence-corrected chi connectivity index (χ1v) is 13.9. The average molecular weight is 539 g/mol. The van der Waals surface area contributed by atoms with Crippen molar-refractivity contribution in [2.24, 2.45) is 5.41 Å². The van der Waals surface area contributed by atoms with Crippen LogP contribution in [-0.4, -0.2) is 69.7 Å². The van der Waals surface area contributed by atoms with Crippen LogP contribution in [0.25, 0.3) is 0 Å². The van der Waals surface area contributed by atoms with E-state index in [9.17, 15) is 14.7 Å². The van der Waals surface area contributed by atoms with Crippen LogP contribution in [0.15, 0.2) is 54.9 Å². The molecule has 1 aliphatic heterocycles. The van der Waals surface area contributed by atoms with Crippen LogP contribution in [0, 0.1) is 5.41 Å². The lowest BCUT2D eigenvalue weighted by Crippen LogP contribution is -2.59. The number of rotatable bonds is 10. The van der Waals surface area contributed by atoms with Gasteiger partial charge in [0.1, 0.15) is 0 Å². The fourth-order valence-corrected chi connectivity index (χ4v) is 4.67. The van der Waals surface area contributed by atoms with E-state index in [0.29, 0.717) is 26.0 Å². The maximum atomic E-state index is 13.4. The number of nitrogens with zero attached hydrogens (tertiary/aromatic N) is 2. The summed E-state index contributed by atoms with van der Waals surface area (Å²) in [5, 5.41) is 17.7. The number of benzene rings is 1. The minimum absolute atomic E-state index is 0.0785. The highest BCUT2D eigenvalue weighted by Gasteiger charge is 2.38. The van der Waals surface area contributed by atoms with Crippen molar-refractivity contribution in [3.8, 4) is 0 Å². The number of carbonyl (C=O) groups is 2. The van der Waals surface area contributed by atoms with Gasteiger partial charge in [-0.2, -0.15) is 0 Å². The summed E-state index contributed by atoms with van der Waals surface area (Å²) < 4.78 is 6.20. The van der Waals surface area contributed by atoms with E-state index in [-0.39, 0.29) is 30.0 Å². The van der Waals surface area contributed by atoms with Crippen LogP contribution in [0.3, 0.4) is 0 Å². The highest BCUT2D eigenvalue weighted by atomic mass is 16.5. The summed E-state index contributed by atoms with van der Waals surface area (Å²) in [5.41, 5.74) is 1.09. The average Bonchev–Trinajstić information content (AvgIpc) is 2.87. The fraction of sp³-hybridized carbons (Fsp3) is 0.581. The van der Waals surface area contributed by atoms with Crippen molar-refractivity contribution < 1.29 is 19.4 Å². The molecule has 1 aromatic heterocycles. The molecular weight excluding hydrogens is 492 g/mol. The van der Waals surface area contributed by atoms with Gasteiger partial charge in [-0.25, -0.2) is 0 Å². The molecule has 0 bridgehead atoms. The second kappa shape index (κ2) is 13.5. The molecule has 39 heavy (non-hydrogen) atoms. The van der Waals surface area contributed by atoms with Gasteiger partial charge >= 0.3 is 0 Å². The van der Waals surface area contributed by atoms with Crippen LogP contribution in [0.5, 0.6) is 0 Å². The van der Waals surface area contributed by atoms with E-state index < -0.39 is 23.6 Å². The van der Waals surface area contributed by atoms with Gasteiger partial charge in [0.15, 0.2) is 0 Å². The minimum atomic E-state index is -0.865. The Labute approximate surface area is 233 Å². The van der Waals surface area contributed by atoms with Gasteiger partial charge < -0.3 is 20.5 Å². The van der Waals surface area contributed by atoms with E-state index in [4.69, 9.17) is 4.74 Å². The molecule has 1 fully saturated rings. The first kappa shape index (κ1) is 30.7. The summed E-state index contributed by atoms with van der Waals surface area (Å²) in [6, 6.07) is 12.7. The van der Waals surface area contributed by atoms with E-state index in [0.717, 1.165) is 17.5 Å². The predicted molar refractivity (Wildman–Crippen MR) is 153 cm³/mol. The molecule has 0 radical (unpaired) electrons. The number of piperidine rings is 1. The summed E-state index contributed by atoms with van der Waals surface area (Å²) in [4.78, 5) is 32.4. The molecule has 3 N–H and O–H groups in total. The van der Waals surface area contributed by atoms with E-state index in [1.807, 2.05) is 88.9 Å². The molecule has 0 unspecified atom stereocenters. The standard InChI is InChI=1S/C31H46N4O4/c1-30(2,3)29(38)33-25(18-22-10-8-7-9-11-22)27(36)20-35-17-14-24(39-21-23-12-15-32-16-13-23)19-26(35)28(37)34-31(4,5)6/h7-13,15-16,24-27,36H,14,17-21H2,1-6H3,(H,33,38)(H,34,37)/t24-,25+,26+,27-/m1/s1. The summed E-state index contributed by atoms with van der Waals surface area (Å²) in [5.74, 6) is -0.196. The van der Waals surface area contributed by atoms with E-state index in [1.165, 1.54) is 0 Å². The van der Waals surface area contributed by atoms with Crippen LogP contribution in [0.4, 0.5) is 0 Å². The largest absolute Gasteiger partial charge is 0.390 e. The molecule has 0 spiro atoms. The van der Waals surface area contributed by atoms with E-state index >= 15 is 0 Å². The molecule has 1 aliphatic rings. The number of hydrogen-bond donors (Lipinski definition) is 3. The van der Waals surface area contributed by atoms with Gasteiger partial charge in [0, 0.05) is 36.4 Å². The van der Waals surface area contributed by atoms with Gasteiger partial charge in [-0.1, -0.05) is 51.1 Å². The summed E-state index contributed by atoms with van der Waals surface area (Å²) in [6.07, 6.45) is 4.30. The molecular formula is C31H46N4O4. The lowest BCUT2D eigenvalue weighted by molar-refractivity contribution is -0.135. The Balaban J connectivity index is 1.74. The topological polar surface area (TPSA) is 104 Å². The van der Waals surface area contributed by atoms with Crippen molar-refractivity contribution in [3.05, 3.63) is 66.0 Å². The quantitative estimate of drug-likeness (QED) is 0.428.